The average Bonchev–Trinajstić information content (AvgIpc) is 2.43. The van der Waals surface area contributed by atoms with Gasteiger partial charge in [-0.25, -0.2) is 0 Å². The van der Waals surface area contributed by atoms with Crippen LogP contribution in [-0.2, 0) is 5.41 Å². The lowest BCUT2D eigenvalue weighted by atomic mass is 9.54. The average molecular weight is 312 g/mol. The molecule has 1 atom stereocenters. The summed E-state index contributed by atoms with van der Waals surface area (Å²) in [6, 6.07) is 2.03. The van der Waals surface area contributed by atoms with Gasteiger partial charge in [0.05, 0.1) is 0 Å². The van der Waals surface area contributed by atoms with Crippen molar-refractivity contribution in [2.75, 3.05) is 0 Å². The second-order valence-electron chi connectivity index (χ2n) is 8.39. The largest absolute Gasteiger partial charge is 0.504 e. The maximum atomic E-state index is 10.8. The van der Waals surface area contributed by atoms with Gasteiger partial charge in [-0.3, -0.25) is 0 Å². The molecular formula is C21H28O2. The van der Waals surface area contributed by atoms with E-state index >= 15 is 0 Å². The van der Waals surface area contributed by atoms with Gasteiger partial charge in [0.1, 0.15) is 0 Å². The van der Waals surface area contributed by atoms with E-state index in [1.54, 1.807) is 0 Å². The zero-order chi connectivity index (χ0) is 17.2. The third-order valence-electron chi connectivity index (χ3n) is 5.94. The molecule has 1 aromatic rings. The maximum Gasteiger partial charge on any atom is 0.162 e. The smallest absolute Gasteiger partial charge is 0.162 e. The van der Waals surface area contributed by atoms with Crippen molar-refractivity contribution in [2.45, 2.75) is 65.2 Å². The Hall–Kier alpha value is -1.70. The van der Waals surface area contributed by atoms with E-state index in [-0.39, 0.29) is 28.2 Å². The van der Waals surface area contributed by atoms with Gasteiger partial charge in [0.25, 0.3) is 0 Å². The minimum atomic E-state index is -0.227. The first-order chi connectivity index (χ1) is 10.6. The maximum absolute atomic E-state index is 10.8. The summed E-state index contributed by atoms with van der Waals surface area (Å²) >= 11 is 0. The third-order valence-corrected chi connectivity index (χ3v) is 5.94. The van der Waals surface area contributed by atoms with Gasteiger partial charge in [0.15, 0.2) is 11.5 Å². The molecular weight excluding hydrogens is 284 g/mol. The molecule has 2 nitrogen and oxygen atoms in total. The van der Waals surface area contributed by atoms with Gasteiger partial charge in [-0.2, -0.15) is 0 Å². The van der Waals surface area contributed by atoms with Crippen molar-refractivity contribution in [3.05, 3.63) is 41.0 Å². The van der Waals surface area contributed by atoms with Gasteiger partial charge in [0.2, 0.25) is 0 Å². The molecule has 2 aliphatic rings. The van der Waals surface area contributed by atoms with Crippen LogP contribution in [0.25, 0.3) is 5.57 Å². The predicted molar refractivity (Wildman–Crippen MR) is 96.0 cm³/mol. The molecule has 23 heavy (non-hydrogen) atoms. The molecule has 0 amide bonds. The topological polar surface area (TPSA) is 40.5 Å². The molecule has 0 heterocycles. The molecule has 2 heteroatoms. The summed E-state index contributed by atoms with van der Waals surface area (Å²) in [6.07, 6.45) is 5.49. The first-order valence-corrected chi connectivity index (χ1v) is 8.61. The minimum absolute atomic E-state index is 0.0393. The van der Waals surface area contributed by atoms with E-state index < -0.39 is 0 Å². The van der Waals surface area contributed by atoms with Crippen molar-refractivity contribution >= 4 is 5.57 Å². The molecule has 1 fully saturated rings. The van der Waals surface area contributed by atoms with Gasteiger partial charge in [-0.05, 0) is 41.4 Å². The van der Waals surface area contributed by atoms with Crippen molar-refractivity contribution in [1.82, 2.24) is 0 Å². The monoisotopic (exact) mass is 312 g/mol. The fourth-order valence-electron chi connectivity index (χ4n) is 4.70. The van der Waals surface area contributed by atoms with Crippen molar-refractivity contribution < 1.29 is 10.2 Å². The van der Waals surface area contributed by atoms with E-state index in [1.807, 2.05) is 19.9 Å². The number of phenols is 2. The Kier molecular flexibility index (Phi) is 3.44. The number of hydrogen-bond donors (Lipinski definition) is 2. The molecule has 0 saturated heterocycles. The summed E-state index contributed by atoms with van der Waals surface area (Å²) in [7, 11) is 0. The van der Waals surface area contributed by atoms with Gasteiger partial charge in [-0.15, -0.1) is 0 Å². The van der Waals surface area contributed by atoms with Crippen LogP contribution in [0.1, 0.15) is 76.5 Å². The van der Waals surface area contributed by atoms with Crippen LogP contribution >= 0.6 is 0 Å². The van der Waals surface area contributed by atoms with Crippen molar-refractivity contribution in [3.8, 4) is 11.5 Å². The third kappa shape index (κ3) is 2.14. The molecule has 0 aromatic heterocycles. The summed E-state index contributed by atoms with van der Waals surface area (Å²) < 4.78 is 0. The second-order valence-corrected chi connectivity index (χ2v) is 8.39. The Morgan fingerprint density at radius 2 is 1.74 bits per heavy atom. The lowest BCUT2D eigenvalue weighted by Crippen LogP contribution is -2.40. The molecule has 1 unspecified atom stereocenters. The van der Waals surface area contributed by atoms with Crippen molar-refractivity contribution in [3.63, 3.8) is 0 Å². The molecule has 0 bridgehead atoms. The molecule has 124 valence electrons. The molecule has 1 saturated carbocycles. The van der Waals surface area contributed by atoms with E-state index in [2.05, 4.69) is 33.4 Å². The Balaban J connectivity index is 2.33. The highest BCUT2D eigenvalue weighted by molar-refractivity contribution is 5.84. The second kappa shape index (κ2) is 4.90. The summed E-state index contributed by atoms with van der Waals surface area (Å²) in [5.41, 5.74) is 4.79. The fraction of sp³-hybridized carbons (Fsp3) is 0.524. The van der Waals surface area contributed by atoms with Gasteiger partial charge in [-0.1, -0.05) is 59.3 Å². The number of benzene rings is 1. The van der Waals surface area contributed by atoms with E-state index in [9.17, 15) is 10.2 Å². The van der Waals surface area contributed by atoms with Crippen LogP contribution in [0.5, 0.6) is 11.5 Å². The number of phenolic OH excluding ortho intramolecular Hbond substituents is 2. The molecule has 0 spiro atoms. The first kappa shape index (κ1) is 16.2. The standard InChI is InChI=1S/C21H28O2/c1-12(2)14-11-15-13(3)10-16-20(4,5)8-7-9-21(16,6)17(15)19(23)18(14)22/h10-12,22-23H,3,7-9H2,1-2,4-6H3. The number of allylic oxidation sites excluding steroid dienone is 3. The van der Waals surface area contributed by atoms with Crippen LogP contribution in [0.4, 0.5) is 0 Å². The summed E-state index contributed by atoms with van der Waals surface area (Å²) in [5, 5.41) is 21.4. The number of aromatic hydroxyl groups is 2. The number of rotatable bonds is 1. The fourth-order valence-corrected chi connectivity index (χ4v) is 4.70. The van der Waals surface area contributed by atoms with Crippen LogP contribution in [0.2, 0.25) is 0 Å². The Labute approximate surface area is 139 Å². The molecule has 0 radical (unpaired) electrons. The predicted octanol–water partition coefficient (Wildman–Crippen LogP) is 5.64. The summed E-state index contributed by atoms with van der Waals surface area (Å²) in [6.45, 7) is 15.1. The van der Waals surface area contributed by atoms with E-state index in [0.29, 0.717) is 0 Å². The number of fused-ring (bicyclic) bond motifs is 3. The van der Waals surface area contributed by atoms with Crippen LogP contribution in [0, 0.1) is 5.41 Å². The van der Waals surface area contributed by atoms with Crippen molar-refractivity contribution in [1.29, 1.82) is 0 Å². The van der Waals surface area contributed by atoms with Gasteiger partial charge < -0.3 is 10.2 Å². The Morgan fingerprint density at radius 1 is 1.09 bits per heavy atom. The Morgan fingerprint density at radius 3 is 2.35 bits per heavy atom. The minimum Gasteiger partial charge on any atom is -0.504 e. The Bertz CT molecular complexity index is 722. The van der Waals surface area contributed by atoms with E-state index in [0.717, 1.165) is 41.5 Å². The number of hydrogen-bond acceptors (Lipinski definition) is 2. The molecule has 3 rings (SSSR count). The first-order valence-electron chi connectivity index (χ1n) is 8.61. The normalized spacial score (nSPS) is 25.8. The van der Waals surface area contributed by atoms with Crippen LogP contribution in [-0.4, -0.2) is 10.2 Å². The summed E-state index contributed by atoms with van der Waals surface area (Å²) in [4.78, 5) is 0. The van der Waals surface area contributed by atoms with E-state index in [1.165, 1.54) is 5.57 Å². The highest BCUT2D eigenvalue weighted by atomic mass is 16.3. The van der Waals surface area contributed by atoms with Crippen molar-refractivity contribution in [2.24, 2.45) is 5.41 Å². The molecule has 2 N–H and O–H groups in total. The molecule has 0 aliphatic heterocycles. The van der Waals surface area contributed by atoms with Crippen LogP contribution in [0.3, 0.4) is 0 Å². The zero-order valence-electron chi connectivity index (χ0n) is 15.0. The van der Waals surface area contributed by atoms with E-state index in [4.69, 9.17) is 0 Å². The van der Waals surface area contributed by atoms with Gasteiger partial charge in [0, 0.05) is 16.5 Å². The van der Waals surface area contributed by atoms with Crippen LogP contribution in [0.15, 0.2) is 24.3 Å². The quantitative estimate of drug-likeness (QED) is 0.659. The van der Waals surface area contributed by atoms with Crippen LogP contribution < -0.4 is 0 Å². The van der Waals surface area contributed by atoms with Gasteiger partial charge >= 0.3 is 0 Å². The summed E-state index contributed by atoms with van der Waals surface area (Å²) in [5.74, 6) is 0.246. The molecule has 1 aromatic carbocycles. The molecule has 2 aliphatic carbocycles. The lowest BCUT2D eigenvalue weighted by molar-refractivity contribution is 0.251. The highest BCUT2D eigenvalue weighted by Gasteiger charge is 2.47. The lowest BCUT2D eigenvalue weighted by Gasteiger charge is -2.49. The SMILES string of the molecule is C=C1C=C2C(C)(C)CCCC2(C)c2c1cc(C(C)C)c(O)c2O. The zero-order valence-corrected chi connectivity index (χ0v) is 15.0. The highest BCUT2D eigenvalue weighted by Crippen LogP contribution is 2.59.